The van der Waals surface area contributed by atoms with Gasteiger partial charge in [-0.2, -0.15) is 0 Å². The van der Waals surface area contributed by atoms with E-state index in [-0.39, 0.29) is 17.7 Å². The van der Waals surface area contributed by atoms with Gasteiger partial charge in [0.05, 0.1) is 5.92 Å². The van der Waals surface area contributed by atoms with Crippen LogP contribution in [-0.4, -0.2) is 24.4 Å². The SMILES string of the molecule is Cc1ccc(N2CC(C(=O)NC3CCCCCC3)CC2=O)c(C)c1. The van der Waals surface area contributed by atoms with E-state index in [4.69, 9.17) is 0 Å². The van der Waals surface area contributed by atoms with Crippen LogP contribution in [0.4, 0.5) is 5.69 Å². The number of carbonyl (C=O) groups excluding carboxylic acids is 2. The molecule has 0 aromatic heterocycles. The molecule has 1 aromatic rings. The van der Waals surface area contributed by atoms with Gasteiger partial charge in [0.15, 0.2) is 0 Å². The van der Waals surface area contributed by atoms with Crippen molar-refractivity contribution in [3.63, 3.8) is 0 Å². The zero-order valence-corrected chi connectivity index (χ0v) is 14.8. The van der Waals surface area contributed by atoms with Gasteiger partial charge >= 0.3 is 0 Å². The van der Waals surface area contributed by atoms with Crippen LogP contribution in [0.25, 0.3) is 0 Å². The summed E-state index contributed by atoms with van der Waals surface area (Å²) in [4.78, 5) is 26.8. The number of hydrogen-bond donors (Lipinski definition) is 1. The van der Waals surface area contributed by atoms with Crippen molar-refractivity contribution in [3.8, 4) is 0 Å². The molecule has 1 aromatic carbocycles. The largest absolute Gasteiger partial charge is 0.353 e. The topological polar surface area (TPSA) is 49.4 Å². The lowest BCUT2D eigenvalue weighted by Gasteiger charge is -2.21. The van der Waals surface area contributed by atoms with E-state index >= 15 is 0 Å². The number of hydrogen-bond acceptors (Lipinski definition) is 2. The molecule has 2 aliphatic rings. The maximum Gasteiger partial charge on any atom is 0.227 e. The Hall–Kier alpha value is -1.84. The summed E-state index contributed by atoms with van der Waals surface area (Å²) < 4.78 is 0. The second-order valence-electron chi connectivity index (χ2n) is 7.39. The fourth-order valence-electron chi connectivity index (χ4n) is 3.97. The van der Waals surface area contributed by atoms with Crippen LogP contribution in [0, 0.1) is 19.8 Å². The zero-order valence-electron chi connectivity index (χ0n) is 14.8. The van der Waals surface area contributed by atoms with Crippen molar-refractivity contribution in [1.82, 2.24) is 5.32 Å². The van der Waals surface area contributed by atoms with Gasteiger partial charge in [-0.15, -0.1) is 0 Å². The first kappa shape index (κ1) is 17.0. The first-order valence-corrected chi connectivity index (χ1v) is 9.22. The predicted molar refractivity (Wildman–Crippen MR) is 96.0 cm³/mol. The lowest BCUT2D eigenvalue weighted by atomic mass is 10.0. The highest BCUT2D eigenvalue weighted by molar-refractivity contribution is 6.00. The lowest BCUT2D eigenvalue weighted by Crippen LogP contribution is -2.39. The van der Waals surface area contributed by atoms with Crippen molar-refractivity contribution in [3.05, 3.63) is 29.3 Å². The first-order chi connectivity index (χ1) is 11.5. The van der Waals surface area contributed by atoms with Crippen molar-refractivity contribution < 1.29 is 9.59 Å². The molecule has 4 nitrogen and oxygen atoms in total. The second kappa shape index (κ2) is 7.37. The molecule has 0 spiro atoms. The molecule has 1 unspecified atom stereocenters. The van der Waals surface area contributed by atoms with Crippen LogP contribution in [0.5, 0.6) is 0 Å². The second-order valence-corrected chi connectivity index (χ2v) is 7.39. The molecule has 2 fully saturated rings. The maximum atomic E-state index is 12.6. The molecule has 0 radical (unpaired) electrons. The summed E-state index contributed by atoms with van der Waals surface area (Å²) in [5, 5.41) is 3.20. The van der Waals surface area contributed by atoms with Crippen molar-refractivity contribution in [2.45, 2.75) is 64.8 Å². The molecule has 3 rings (SSSR count). The molecule has 1 saturated heterocycles. The number of nitrogens with one attached hydrogen (secondary N) is 1. The average Bonchev–Trinajstić information content (AvgIpc) is 2.75. The fourth-order valence-corrected chi connectivity index (χ4v) is 3.97. The number of nitrogens with zero attached hydrogens (tertiary/aromatic N) is 1. The van der Waals surface area contributed by atoms with E-state index in [0.29, 0.717) is 19.0 Å². The van der Waals surface area contributed by atoms with Crippen LogP contribution < -0.4 is 10.2 Å². The minimum absolute atomic E-state index is 0.0579. The Bertz CT molecular complexity index is 618. The summed E-state index contributed by atoms with van der Waals surface area (Å²) in [5.74, 6) is -0.105. The van der Waals surface area contributed by atoms with Crippen LogP contribution in [0.2, 0.25) is 0 Å². The monoisotopic (exact) mass is 328 g/mol. The number of carbonyl (C=O) groups is 2. The standard InChI is InChI=1S/C20H28N2O2/c1-14-9-10-18(15(2)11-14)22-13-16(12-19(22)23)20(24)21-17-7-5-3-4-6-8-17/h9-11,16-17H,3-8,12-13H2,1-2H3,(H,21,24). The Morgan fingerprint density at radius 2 is 1.83 bits per heavy atom. The van der Waals surface area contributed by atoms with Gasteiger partial charge in [0.2, 0.25) is 11.8 Å². The summed E-state index contributed by atoms with van der Waals surface area (Å²) in [5.41, 5.74) is 3.22. The highest BCUT2D eigenvalue weighted by Gasteiger charge is 2.36. The quantitative estimate of drug-likeness (QED) is 0.864. The van der Waals surface area contributed by atoms with Crippen LogP contribution in [0.3, 0.4) is 0 Å². The lowest BCUT2D eigenvalue weighted by molar-refractivity contribution is -0.127. The third-order valence-corrected chi connectivity index (χ3v) is 5.34. The smallest absolute Gasteiger partial charge is 0.227 e. The minimum atomic E-state index is -0.221. The Morgan fingerprint density at radius 1 is 1.12 bits per heavy atom. The maximum absolute atomic E-state index is 12.6. The molecule has 1 saturated carbocycles. The number of anilines is 1. The van der Waals surface area contributed by atoms with Crippen LogP contribution in [0.15, 0.2) is 18.2 Å². The minimum Gasteiger partial charge on any atom is -0.353 e. The normalized spacial score (nSPS) is 22.5. The molecular formula is C20H28N2O2. The van der Waals surface area contributed by atoms with E-state index in [1.807, 2.05) is 26.0 Å². The van der Waals surface area contributed by atoms with Gasteiger partial charge in [0, 0.05) is 24.7 Å². The molecule has 4 heteroatoms. The Labute approximate surface area is 144 Å². The third kappa shape index (κ3) is 3.80. The Balaban J connectivity index is 1.64. The molecule has 0 bridgehead atoms. The summed E-state index contributed by atoms with van der Waals surface area (Å²) in [6.45, 7) is 4.57. The van der Waals surface area contributed by atoms with E-state index < -0.39 is 0 Å². The van der Waals surface area contributed by atoms with E-state index in [0.717, 1.165) is 24.1 Å². The van der Waals surface area contributed by atoms with Crippen LogP contribution in [0.1, 0.15) is 56.1 Å². The Kier molecular flexibility index (Phi) is 5.22. The zero-order chi connectivity index (χ0) is 17.1. The highest BCUT2D eigenvalue weighted by atomic mass is 16.2. The van der Waals surface area contributed by atoms with Crippen molar-refractivity contribution in [2.24, 2.45) is 5.92 Å². The van der Waals surface area contributed by atoms with Gasteiger partial charge in [0.25, 0.3) is 0 Å². The molecule has 1 N–H and O–H groups in total. The molecule has 24 heavy (non-hydrogen) atoms. The molecule has 2 amide bonds. The summed E-state index contributed by atoms with van der Waals surface area (Å²) >= 11 is 0. The van der Waals surface area contributed by atoms with Gasteiger partial charge in [-0.05, 0) is 38.3 Å². The molecule has 1 aliphatic carbocycles. The summed E-state index contributed by atoms with van der Waals surface area (Å²) in [6.07, 6.45) is 7.42. The third-order valence-electron chi connectivity index (χ3n) is 5.34. The van der Waals surface area contributed by atoms with Crippen molar-refractivity contribution in [1.29, 1.82) is 0 Å². The van der Waals surface area contributed by atoms with Gasteiger partial charge in [0.1, 0.15) is 0 Å². The van der Waals surface area contributed by atoms with Crippen LogP contribution in [-0.2, 0) is 9.59 Å². The number of rotatable bonds is 3. The summed E-state index contributed by atoms with van der Waals surface area (Å²) in [6, 6.07) is 6.40. The molecule has 1 heterocycles. The van der Waals surface area contributed by atoms with Crippen molar-refractivity contribution >= 4 is 17.5 Å². The molecule has 1 aliphatic heterocycles. The molecule has 130 valence electrons. The van der Waals surface area contributed by atoms with Crippen molar-refractivity contribution in [2.75, 3.05) is 11.4 Å². The number of benzene rings is 1. The molecular weight excluding hydrogens is 300 g/mol. The van der Waals surface area contributed by atoms with E-state index in [2.05, 4.69) is 11.4 Å². The van der Waals surface area contributed by atoms with E-state index in [1.54, 1.807) is 4.90 Å². The van der Waals surface area contributed by atoms with Gasteiger partial charge in [-0.1, -0.05) is 43.4 Å². The molecule has 1 atom stereocenters. The number of amides is 2. The van der Waals surface area contributed by atoms with Gasteiger partial charge < -0.3 is 10.2 Å². The highest BCUT2D eigenvalue weighted by Crippen LogP contribution is 2.29. The fraction of sp³-hybridized carbons (Fsp3) is 0.600. The first-order valence-electron chi connectivity index (χ1n) is 9.22. The van der Waals surface area contributed by atoms with Gasteiger partial charge in [-0.25, -0.2) is 0 Å². The van der Waals surface area contributed by atoms with E-state index in [9.17, 15) is 9.59 Å². The predicted octanol–water partition coefficient (Wildman–Crippen LogP) is 3.50. The van der Waals surface area contributed by atoms with E-state index in [1.165, 1.54) is 31.2 Å². The van der Waals surface area contributed by atoms with Gasteiger partial charge in [-0.3, -0.25) is 9.59 Å². The van der Waals surface area contributed by atoms with Crippen LogP contribution >= 0.6 is 0 Å². The summed E-state index contributed by atoms with van der Waals surface area (Å²) in [7, 11) is 0. The average molecular weight is 328 g/mol. The number of aryl methyl sites for hydroxylation is 2. The Morgan fingerprint density at radius 3 is 2.50 bits per heavy atom.